The molecule has 1 heterocycles. The molecule has 1 N–H and O–H groups in total. The summed E-state index contributed by atoms with van der Waals surface area (Å²) in [7, 11) is 0. The molecule has 4 heteroatoms. The average Bonchev–Trinajstić information content (AvgIpc) is 3.07. The van der Waals surface area contributed by atoms with Crippen LogP contribution in [0.15, 0.2) is 54.6 Å². The number of carbonyl (C=O) groups excluding carboxylic acids is 1. The van der Waals surface area contributed by atoms with Crippen molar-refractivity contribution < 1.29 is 14.7 Å². The molecule has 1 amide bonds. The van der Waals surface area contributed by atoms with E-state index < -0.39 is 11.9 Å². The maximum atomic E-state index is 12.9. The zero-order chi connectivity index (χ0) is 17.1. The van der Waals surface area contributed by atoms with Crippen molar-refractivity contribution in [2.45, 2.75) is 19.3 Å². The van der Waals surface area contributed by atoms with E-state index in [2.05, 4.69) is 0 Å². The highest BCUT2D eigenvalue weighted by molar-refractivity contribution is 5.96. The fraction of sp³-hybridized carbons (Fsp3) is 0.300. The normalized spacial score (nSPS) is 20.1. The standard InChI is InChI=1S/C20H21NO3/c1-2-14-8-6-7-11-16(14)19(22)21-12-17(18(13-21)20(23)24)15-9-4-3-5-10-15/h3-11,17-18H,2,12-13H2,1H3,(H,23,24)/t17-,18-/m0/s1. The Morgan fingerprint density at radius 1 is 1.04 bits per heavy atom. The number of aryl methyl sites for hydroxylation is 1. The van der Waals surface area contributed by atoms with E-state index in [4.69, 9.17) is 0 Å². The van der Waals surface area contributed by atoms with Crippen LogP contribution in [0.1, 0.15) is 34.3 Å². The maximum Gasteiger partial charge on any atom is 0.308 e. The second kappa shape index (κ2) is 6.87. The zero-order valence-corrected chi connectivity index (χ0v) is 13.7. The Labute approximate surface area is 141 Å². The number of carbonyl (C=O) groups is 2. The summed E-state index contributed by atoms with van der Waals surface area (Å²) in [6, 6.07) is 17.2. The van der Waals surface area contributed by atoms with Crippen LogP contribution in [-0.4, -0.2) is 35.0 Å². The molecule has 0 unspecified atom stereocenters. The molecule has 1 aliphatic rings. The minimum atomic E-state index is -0.845. The Kier molecular flexibility index (Phi) is 4.65. The Morgan fingerprint density at radius 2 is 1.71 bits per heavy atom. The summed E-state index contributed by atoms with van der Waals surface area (Å²) in [6.45, 7) is 2.71. The van der Waals surface area contributed by atoms with Gasteiger partial charge in [-0.25, -0.2) is 0 Å². The quantitative estimate of drug-likeness (QED) is 0.940. The van der Waals surface area contributed by atoms with E-state index in [9.17, 15) is 14.7 Å². The Balaban J connectivity index is 1.88. The van der Waals surface area contributed by atoms with Crippen LogP contribution in [0.5, 0.6) is 0 Å². The monoisotopic (exact) mass is 323 g/mol. The summed E-state index contributed by atoms with van der Waals surface area (Å²) in [5.74, 6) is -1.65. The zero-order valence-electron chi connectivity index (χ0n) is 13.7. The van der Waals surface area contributed by atoms with Gasteiger partial charge < -0.3 is 10.0 Å². The van der Waals surface area contributed by atoms with E-state index in [-0.39, 0.29) is 18.4 Å². The van der Waals surface area contributed by atoms with Crippen molar-refractivity contribution in [1.82, 2.24) is 4.90 Å². The second-order valence-electron chi connectivity index (χ2n) is 6.18. The summed E-state index contributed by atoms with van der Waals surface area (Å²) < 4.78 is 0. The van der Waals surface area contributed by atoms with Gasteiger partial charge in [0.25, 0.3) is 5.91 Å². The van der Waals surface area contributed by atoms with Crippen molar-refractivity contribution >= 4 is 11.9 Å². The van der Waals surface area contributed by atoms with Gasteiger partial charge >= 0.3 is 5.97 Å². The topological polar surface area (TPSA) is 57.6 Å². The lowest BCUT2D eigenvalue weighted by molar-refractivity contribution is -0.141. The summed E-state index contributed by atoms with van der Waals surface area (Å²) in [5, 5.41) is 9.58. The van der Waals surface area contributed by atoms with Crippen LogP contribution in [0.25, 0.3) is 0 Å². The number of amides is 1. The van der Waals surface area contributed by atoms with Crippen molar-refractivity contribution in [3.8, 4) is 0 Å². The van der Waals surface area contributed by atoms with Crippen molar-refractivity contribution in [1.29, 1.82) is 0 Å². The van der Waals surface area contributed by atoms with Gasteiger partial charge in [0.05, 0.1) is 5.92 Å². The SMILES string of the molecule is CCc1ccccc1C(=O)N1C[C@H](C(=O)O)[C@H](c2ccccc2)C1. The summed E-state index contributed by atoms with van der Waals surface area (Å²) >= 11 is 0. The fourth-order valence-corrected chi connectivity index (χ4v) is 3.47. The first-order valence-corrected chi connectivity index (χ1v) is 8.26. The molecule has 1 saturated heterocycles. The highest BCUT2D eigenvalue weighted by atomic mass is 16.4. The molecule has 1 fully saturated rings. The number of nitrogens with zero attached hydrogens (tertiary/aromatic N) is 1. The van der Waals surface area contributed by atoms with E-state index in [1.54, 1.807) is 4.90 Å². The summed E-state index contributed by atoms with van der Waals surface area (Å²) in [6.07, 6.45) is 0.778. The molecule has 1 aliphatic heterocycles. The minimum absolute atomic E-state index is 0.0721. The van der Waals surface area contributed by atoms with Crippen molar-refractivity contribution in [2.24, 2.45) is 5.92 Å². The van der Waals surface area contributed by atoms with Gasteiger partial charge in [-0.2, -0.15) is 0 Å². The molecule has 0 aromatic heterocycles. The average molecular weight is 323 g/mol. The lowest BCUT2D eigenvalue weighted by Crippen LogP contribution is -2.30. The van der Waals surface area contributed by atoms with Crippen LogP contribution in [0.4, 0.5) is 0 Å². The number of hydrogen-bond donors (Lipinski definition) is 1. The van der Waals surface area contributed by atoms with E-state index in [0.29, 0.717) is 12.1 Å². The predicted molar refractivity (Wildman–Crippen MR) is 92.0 cm³/mol. The Hall–Kier alpha value is -2.62. The van der Waals surface area contributed by atoms with Crippen LogP contribution in [-0.2, 0) is 11.2 Å². The van der Waals surface area contributed by atoms with Crippen molar-refractivity contribution in [3.63, 3.8) is 0 Å². The predicted octanol–water partition coefficient (Wildman–Crippen LogP) is 3.19. The van der Waals surface area contributed by atoms with Gasteiger partial charge in [0.2, 0.25) is 0 Å². The van der Waals surface area contributed by atoms with Crippen molar-refractivity contribution in [3.05, 3.63) is 71.3 Å². The largest absolute Gasteiger partial charge is 0.481 e. The Morgan fingerprint density at radius 3 is 2.38 bits per heavy atom. The van der Waals surface area contributed by atoms with Crippen LogP contribution >= 0.6 is 0 Å². The third-order valence-corrected chi connectivity index (χ3v) is 4.78. The first-order chi connectivity index (χ1) is 11.6. The van der Waals surface area contributed by atoms with Gasteiger partial charge in [0.1, 0.15) is 0 Å². The molecule has 3 rings (SSSR count). The third kappa shape index (κ3) is 3.04. The molecule has 4 nitrogen and oxygen atoms in total. The molecule has 2 atom stereocenters. The molecule has 0 radical (unpaired) electrons. The fourth-order valence-electron chi connectivity index (χ4n) is 3.47. The molecule has 0 spiro atoms. The van der Waals surface area contributed by atoms with E-state index in [0.717, 1.165) is 17.5 Å². The molecule has 24 heavy (non-hydrogen) atoms. The lowest BCUT2D eigenvalue weighted by atomic mass is 9.89. The molecule has 2 aromatic rings. The molecule has 0 bridgehead atoms. The number of likely N-dealkylation sites (tertiary alicyclic amines) is 1. The number of carboxylic acid groups (broad SMARTS) is 1. The number of aliphatic carboxylic acids is 1. The van der Waals surface area contributed by atoms with Gasteiger partial charge in [-0.15, -0.1) is 0 Å². The van der Waals surface area contributed by atoms with E-state index in [1.165, 1.54) is 0 Å². The molecule has 124 valence electrons. The molecular formula is C20H21NO3. The van der Waals surface area contributed by atoms with Crippen LogP contribution in [0.2, 0.25) is 0 Å². The van der Waals surface area contributed by atoms with E-state index in [1.807, 2.05) is 61.5 Å². The van der Waals surface area contributed by atoms with E-state index >= 15 is 0 Å². The highest BCUT2D eigenvalue weighted by Crippen LogP contribution is 2.34. The molecular weight excluding hydrogens is 302 g/mol. The van der Waals surface area contributed by atoms with Crippen LogP contribution in [0, 0.1) is 5.92 Å². The summed E-state index contributed by atoms with van der Waals surface area (Å²) in [5.41, 5.74) is 2.65. The lowest BCUT2D eigenvalue weighted by Gasteiger charge is -2.18. The number of hydrogen-bond acceptors (Lipinski definition) is 2. The molecule has 0 aliphatic carbocycles. The first kappa shape index (κ1) is 16.2. The second-order valence-corrected chi connectivity index (χ2v) is 6.18. The van der Waals surface area contributed by atoms with Gasteiger partial charge in [-0.1, -0.05) is 55.5 Å². The maximum absolute atomic E-state index is 12.9. The smallest absolute Gasteiger partial charge is 0.308 e. The van der Waals surface area contributed by atoms with Crippen molar-refractivity contribution in [2.75, 3.05) is 13.1 Å². The Bertz CT molecular complexity index is 742. The molecule has 2 aromatic carbocycles. The third-order valence-electron chi connectivity index (χ3n) is 4.78. The minimum Gasteiger partial charge on any atom is -0.481 e. The van der Waals surface area contributed by atoms with Gasteiger partial charge in [-0.3, -0.25) is 9.59 Å². The van der Waals surface area contributed by atoms with Crippen LogP contribution in [0.3, 0.4) is 0 Å². The first-order valence-electron chi connectivity index (χ1n) is 8.26. The number of benzene rings is 2. The molecule has 0 saturated carbocycles. The van der Waals surface area contributed by atoms with Gasteiger partial charge in [-0.05, 0) is 23.6 Å². The highest BCUT2D eigenvalue weighted by Gasteiger charge is 2.40. The number of carboxylic acids is 1. The van der Waals surface area contributed by atoms with Gasteiger partial charge in [0, 0.05) is 24.6 Å². The number of rotatable bonds is 4. The van der Waals surface area contributed by atoms with Gasteiger partial charge in [0.15, 0.2) is 0 Å². The van der Waals surface area contributed by atoms with Crippen LogP contribution < -0.4 is 0 Å². The summed E-state index contributed by atoms with van der Waals surface area (Å²) in [4.78, 5) is 26.3.